The van der Waals surface area contributed by atoms with Crippen LogP contribution in [0.1, 0.15) is 34.3 Å². The van der Waals surface area contributed by atoms with Crippen molar-refractivity contribution in [2.24, 2.45) is 0 Å². The van der Waals surface area contributed by atoms with Crippen molar-refractivity contribution in [2.75, 3.05) is 25.2 Å². The normalized spacial score (nSPS) is 19.6. The molecular formula is C14H18N2O5S. The molecule has 0 bridgehead atoms. The van der Waals surface area contributed by atoms with Gasteiger partial charge in [-0.2, -0.15) is 0 Å². The molecule has 0 aliphatic carbocycles. The van der Waals surface area contributed by atoms with Gasteiger partial charge in [0.05, 0.1) is 18.6 Å². The molecule has 1 aromatic rings. The predicted octanol–water partition coefficient (Wildman–Crippen LogP) is 0.517. The van der Waals surface area contributed by atoms with Crippen molar-refractivity contribution in [1.29, 1.82) is 0 Å². The highest BCUT2D eigenvalue weighted by Crippen LogP contribution is 2.19. The molecule has 0 N–H and O–H groups in total. The van der Waals surface area contributed by atoms with Crippen LogP contribution in [0.4, 0.5) is 0 Å². The zero-order chi connectivity index (χ0) is 16.3. The second kappa shape index (κ2) is 6.43. The highest BCUT2D eigenvalue weighted by molar-refractivity contribution is 7.91. The number of amides is 1. The number of sulfone groups is 1. The smallest absolute Gasteiger partial charge is 0.356 e. The van der Waals surface area contributed by atoms with Gasteiger partial charge >= 0.3 is 5.97 Å². The summed E-state index contributed by atoms with van der Waals surface area (Å²) in [6, 6.07) is 4.16. The van der Waals surface area contributed by atoms with Crippen LogP contribution in [0.3, 0.4) is 0 Å². The molecule has 2 rings (SSSR count). The summed E-state index contributed by atoms with van der Waals surface area (Å²) < 4.78 is 27.8. The van der Waals surface area contributed by atoms with E-state index in [-0.39, 0.29) is 34.8 Å². The molecule has 0 aromatic carbocycles. The van der Waals surface area contributed by atoms with Crippen molar-refractivity contribution in [3.05, 3.63) is 29.6 Å². The molecule has 1 saturated heterocycles. The lowest BCUT2D eigenvalue weighted by molar-refractivity contribution is 0.0593. The molecule has 0 radical (unpaired) electrons. The van der Waals surface area contributed by atoms with E-state index in [2.05, 4.69) is 9.72 Å². The topological polar surface area (TPSA) is 93.6 Å². The summed E-state index contributed by atoms with van der Waals surface area (Å²) >= 11 is 0. The number of hydrogen-bond acceptors (Lipinski definition) is 6. The highest BCUT2D eigenvalue weighted by Gasteiger charge is 2.34. The van der Waals surface area contributed by atoms with E-state index in [1.165, 1.54) is 24.1 Å². The van der Waals surface area contributed by atoms with Crippen molar-refractivity contribution in [1.82, 2.24) is 9.88 Å². The van der Waals surface area contributed by atoms with Gasteiger partial charge in [0.1, 0.15) is 11.4 Å². The van der Waals surface area contributed by atoms with E-state index in [9.17, 15) is 18.0 Å². The van der Waals surface area contributed by atoms with Crippen molar-refractivity contribution in [2.45, 2.75) is 19.4 Å². The van der Waals surface area contributed by atoms with Crippen LogP contribution < -0.4 is 0 Å². The molecule has 7 nitrogen and oxygen atoms in total. The number of carbonyl (C=O) groups excluding carboxylic acids is 2. The second-order valence-electron chi connectivity index (χ2n) is 5.05. The first-order chi connectivity index (χ1) is 10.4. The van der Waals surface area contributed by atoms with Crippen LogP contribution >= 0.6 is 0 Å². The summed E-state index contributed by atoms with van der Waals surface area (Å²) in [4.78, 5) is 29.5. The maximum Gasteiger partial charge on any atom is 0.356 e. The summed E-state index contributed by atoms with van der Waals surface area (Å²) in [6.07, 6.45) is 0.429. The Bertz CT molecular complexity index is 686. The van der Waals surface area contributed by atoms with Crippen LogP contribution in [0, 0.1) is 0 Å². The first-order valence-corrected chi connectivity index (χ1v) is 8.77. The summed E-state index contributed by atoms with van der Waals surface area (Å²) in [5, 5.41) is 0. The molecule has 2 heterocycles. The SMILES string of the molecule is CCN(C(=O)c1cccc(C(=O)OC)n1)C1CCS(=O)(=O)C1. The molecule has 1 aliphatic heterocycles. The first-order valence-electron chi connectivity index (χ1n) is 6.94. The number of carbonyl (C=O) groups is 2. The van der Waals surface area contributed by atoms with Gasteiger partial charge in [0.2, 0.25) is 0 Å². The number of nitrogens with zero attached hydrogens (tertiary/aromatic N) is 2. The van der Waals surface area contributed by atoms with Crippen LogP contribution in [-0.4, -0.2) is 61.4 Å². The van der Waals surface area contributed by atoms with Crippen LogP contribution in [-0.2, 0) is 14.6 Å². The number of methoxy groups -OCH3 is 1. The number of hydrogen-bond donors (Lipinski definition) is 0. The maximum absolute atomic E-state index is 12.6. The van der Waals surface area contributed by atoms with Crippen molar-refractivity contribution in [3.8, 4) is 0 Å². The molecule has 8 heteroatoms. The standard InChI is InChI=1S/C14H18N2O5S/c1-3-16(10-7-8-22(19,20)9-10)13(17)11-5-4-6-12(15-11)14(18)21-2/h4-6,10H,3,7-9H2,1-2H3. The third-order valence-corrected chi connectivity index (χ3v) is 5.36. The fourth-order valence-electron chi connectivity index (χ4n) is 2.51. The molecule has 120 valence electrons. The minimum absolute atomic E-state index is 0.0245. The van der Waals surface area contributed by atoms with E-state index in [0.717, 1.165) is 0 Å². The summed E-state index contributed by atoms with van der Waals surface area (Å²) in [5.41, 5.74) is 0.150. The monoisotopic (exact) mass is 326 g/mol. The minimum Gasteiger partial charge on any atom is -0.464 e. The Kier molecular flexibility index (Phi) is 4.80. The van der Waals surface area contributed by atoms with Crippen molar-refractivity contribution < 1.29 is 22.7 Å². The zero-order valence-electron chi connectivity index (χ0n) is 12.5. The van der Waals surface area contributed by atoms with Gasteiger partial charge < -0.3 is 9.64 Å². The minimum atomic E-state index is -3.08. The summed E-state index contributed by atoms with van der Waals surface area (Å²) in [6.45, 7) is 2.16. The first kappa shape index (κ1) is 16.4. The summed E-state index contributed by atoms with van der Waals surface area (Å²) in [7, 11) is -1.84. The third-order valence-electron chi connectivity index (χ3n) is 3.61. The number of pyridine rings is 1. The molecule has 1 aliphatic rings. The number of esters is 1. The number of ether oxygens (including phenoxy) is 1. The van der Waals surface area contributed by atoms with Gasteiger partial charge in [-0.1, -0.05) is 6.07 Å². The van der Waals surface area contributed by atoms with Gasteiger partial charge in [0.15, 0.2) is 9.84 Å². The van der Waals surface area contributed by atoms with E-state index in [4.69, 9.17) is 0 Å². The Morgan fingerprint density at radius 3 is 2.59 bits per heavy atom. The molecule has 1 atom stereocenters. The summed E-state index contributed by atoms with van der Waals surface area (Å²) in [5.74, 6) is -0.933. The Morgan fingerprint density at radius 2 is 2.05 bits per heavy atom. The van der Waals surface area contributed by atoms with E-state index in [1.807, 2.05) is 0 Å². The lowest BCUT2D eigenvalue weighted by Gasteiger charge is -2.26. The Hall–Kier alpha value is -1.96. The molecule has 1 fully saturated rings. The molecule has 1 amide bonds. The average Bonchev–Trinajstić information content (AvgIpc) is 2.87. The maximum atomic E-state index is 12.6. The molecular weight excluding hydrogens is 308 g/mol. The molecule has 22 heavy (non-hydrogen) atoms. The van der Waals surface area contributed by atoms with Crippen LogP contribution in [0.5, 0.6) is 0 Å². The van der Waals surface area contributed by atoms with E-state index in [0.29, 0.717) is 13.0 Å². The third kappa shape index (κ3) is 3.44. The quantitative estimate of drug-likeness (QED) is 0.749. The van der Waals surface area contributed by atoms with Crippen LogP contribution in [0.15, 0.2) is 18.2 Å². The lowest BCUT2D eigenvalue weighted by atomic mass is 10.2. The van der Waals surface area contributed by atoms with E-state index >= 15 is 0 Å². The van der Waals surface area contributed by atoms with Gasteiger partial charge in [0.25, 0.3) is 5.91 Å². The van der Waals surface area contributed by atoms with E-state index in [1.54, 1.807) is 13.0 Å². The molecule has 1 unspecified atom stereocenters. The van der Waals surface area contributed by atoms with Gasteiger partial charge in [0, 0.05) is 12.6 Å². The van der Waals surface area contributed by atoms with Crippen LogP contribution in [0.25, 0.3) is 0 Å². The fraction of sp³-hybridized carbons (Fsp3) is 0.500. The van der Waals surface area contributed by atoms with Crippen LogP contribution in [0.2, 0.25) is 0 Å². The average molecular weight is 326 g/mol. The molecule has 0 saturated carbocycles. The number of rotatable bonds is 4. The predicted molar refractivity (Wildman–Crippen MR) is 79.3 cm³/mol. The van der Waals surface area contributed by atoms with E-state index < -0.39 is 15.8 Å². The van der Waals surface area contributed by atoms with Gasteiger partial charge in [-0.25, -0.2) is 18.2 Å². The fourth-order valence-corrected chi connectivity index (χ4v) is 4.24. The Labute approximate surface area is 129 Å². The highest BCUT2D eigenvalue weighted by atomic mass is 32.2. The Balaban J connectivity index is 2.24. The van der Waals surface area contributed by atoms with Crippen molar-refractivity contribution in [3.63, 3.8) is 0 Å². The van der Waals surface area contributed by atoms with Gasteiger partial charge in [-0.3, -0.25) is 4.79 Å². The Morgan fingerprint density at radius 1 is 1.36 bits per heavy atom. The number of aromatic nitrogens is 1. The van der Waals surface area contributed by atoms with Gasteiger partial charge in [-0.15, -0.1) is 0 Å². The largest absolute Gasteiger partial charge is 0.464 e. The molecule has 0 spiro atoms. The second-order valence-corrected chi connectivity index (χ2v) is 7.28. The molecule has 1 aromatic heterocycles. The zero-order valence-corrected chi connectivity index (χ0v) is 13.3. The van der Waals surface area contributed by atoms with Gasteiger partial charge in [-0.05, 0) is 25.5 Å². The van der Waals surface area contributed by atoms with Crippen molar-refractivity contribution >= 4 is 21.7 Å². The lowest BCUT2D eigenvalue weighted by Crippen LogP contribution is -2.41.